The number of rotatable bonds is 4. The number of aryl methyl sites for hydroxylation is 1. The highest BCUT2D eigenvalue weighted by atomic mass is 16.5. The van der Waals surface area contributed by atoms with Gasteiger partial charge in [-0.2, -0.15) is 5.10 Å². The number of aromatic nitrogens is 2. The molecular formula is C14H23N3O2. The number of nitrogens with zero attached hydrogens (tertiary/aromatic N) is 3. The zero-order valence-electron chi connectivity index (χ0n) is 12.2. The number of hydrogen-bond acceptors (Lipinski definition) is 4. The Hall–Kier alpha value is -1.36. The van der Waals surface area contributed by atoms with E-state index in [4.69, 9.17) is 4.74 Å². The molecular weight excluding hydrogens is 242 g/mol. The lowest BCUT2D eigenvalue weighted by molar-refractivity contribution is 0.0524. The van der Waals surface area contributed by atoms with Crippen LogP contribution in [-0.4, -0.2) is 40.3 Å². The maximum atomic E-state index is 11.9. The topological polar surface area (TPSA) is 47.4 Å². The van der Waals surface area contributed by atoms with Gasteiger partial charge in [0, 0.05) is 26.7 Å². The third-order valence-electron chi connectivity index (χ3n) is 3.99. The number of carbonyl (C=O) groups is 1. The first-order valence-corrected chi connectivity index (χ1v) is 6.93. The third kappa shape index (κ3) is 2.97. The van der Waals surface area contributed by atoms with Gasteiger partial charge >= 0.3 is 5.97 Å². The van der Waals surface area contributed by atoms with Gasteiger partial charge in [0.05, 0.1) is 18.5 Å². The summed E-state index contributed by atoms with van der Waals surface area (Å²) in [6, 6.07) is 0. The minimum atomic E-state index is -0.272. The largest absolute Gasteiger partial charge is 0.462 e. The van der Waals surface area contributed by atoms with Gasteiger partial charge in [0.2, 0.25) is 0 Å². The van der Waals surface area contributed by atoms with E-state index in [0.717, 1.165) is 25.3 Å². The molecule has 5 heteroatoms. The molecule has 0 aromatic carbocycles. The van der Waals surface area contributed by atoms with Crippen LogP contribution in [0.3, 0.4) is 0 Å². The first kappa shape index (κ1) is 14.1. The van der Waals surface area contributed by atoms with Crippen LogP contribution in [0.4, 0.5) is 0 Å². The van der Waals surface area contributed by atoms with Crippen molar-refractivity contribution in [1.29, 1.82) is 0 Å². The maximum absolute atomic E-state index is 11.9. The van der Waals surface area contributed by atoms with Gasteiger partial charge in [-0.1, -0.05) is 13.8 Å². The molecule has 2 unspecified atom stereocenters. The first-order chi connectivity index (χ1) is 9.02. The van der Waals surface area contributed by atoms with E-state index in [1.807, 2.05) is 14.0 Å². The first-order valence-electron chi connectivity index (χ1n) is 6.93. The second-order valence-electron chi connectivity index (χ2n) is 5.50. The SMILES string of the molecule is CCOC(=O)c1cnn(C)c1CN1CC(C)C(C)C1. The molecule has 0 amide bonds. The normalized spacial score (nSPS) is 23.8. The molecule has 2 rings (SSSR count). The monoisotopic (exact) mass is 265 g/mol. The summed E-state index contributed by atoms with van der Waals surface area (Å²) < 4.78 is 6.86. The van der Waals surface area contributed by atoms with Crippen molar-refractivity contribution < 1.29 is 9.53 Å². The van der Waals surface area contributed by atoms with Crippen molar-refractivity contribution in [2.45, 2.75) is 27.3 Å². The molecule has 0 spiro atoms. The molecule has 0 aliphatic carbocycles. The van der Waals surface area contributed by atoms with Gasteiger partial charge in [0.15, 0.2) is 0 Å². The second-order valence-corrected chi connectivity index (χ2v) is 5.50. The van der Waals surface area contributed by atoms with Gasteiger partial charge in [-0.15, -0.1) is 0 Å². The summed E-state index contributed by atoms with van der Waals surface area (Å²) in [5.41, 5.74) is 1.54. The molecule has 0 N–H and O–H groups in total. The Balaban J connectivity index is 2.12. The second kappa shape index (κ2) is 5.74. The van der Waals surface area contributed by atoms with E-state index in [1.165, 1.54) is 0 Å². The summed E-state index contributed by atoms with van der Waals surface area (Å²) in [6.45, 7) is 9.69. The summed E-state index contributed by atoms with van der Waals surface area (Å²) >= 11 is 0. The van der Waals surface area contributed by atoms with Crippen molar-refractivity contribution >= 4 is 5.97 Å². The third-order valence-corrected chi connectivity index (χ3v) is 3.99. The summed E-state index contributed by atoms with van der Waals surface area (Å²) in [5.74, 6) is 1.14. The average molecular weight is 265 g/mol. The molecule has 0 radical (unpaired) electrons. The van der Waals surface area contributed by atoms with Crippen LogP contribution in [0, 0.1) is 11.8 Å². The highest BCUT2D eigenvalue weighted by Gasteiger charge is 2.28. The Morgan fingerprint density at radius 2 is 2.05 bits per heavy atom. The summed E-state index contributed by atoms with van der Waals surface area (Å²) in [7, 11) is 1.88. The lowest BCUT2D eigenvalue weighted by Crippen LogP contribution is -2.23. The van der Waals surface area contributed by atoms with Crippen LogP contribution in [0.1, 0.15) is 36.8 Å². The number of carbonyl (C=O) groups excluding carboxylic acids is 1. The zero-order valence-corrected chi connectivity index (χ0v) is 12.2. The molecule has 2 atom stereocenters. The van der Waals surface area contributed by atoms with Crippen molar-refractivity contribution in [1.82, 2.24) is 14.7 Å². The summed E-state index contributed by atoms with van der Waals surface area (Å²) in [5, 5.41) is 4.19. The Kier molecular flexibility index (Phi) is 4.24. The highest BCUT2D eigenvalue weighted by Crippen LogP contribution is 2.24. The number of likely N-dealkylation sites (tertiary alicyclic amines) is 1. The molecule has 0 bridgehead atoms. The maximum Gasteiger partial charge on any atom is 0.341 e. The zero-order chi connectivity index (χ0) is 14.0. The minimum Gasteiger partial charge on any atom is -0.462 e. The predicted molar refractivity (Wildman–Crippen MR) is 72.8 cm³/mol. The lowest BCUT2D eigenvalue weighted by Gasteiger charge is -2.16. The number of hydrogen-bond donors (Lipinski definition) is 0. The number of esters is 1. The van der Waals surface area contributed by atoms with Crippen LogP contribution in [-0.2, 0) is 18.3 Å². The quantitative estimate of drug-likeness (QED) is 0.777. The predicted octanol–water partition coefficient (Wildman–Crippen LogP) is 1.68. The molecule has 19 heavy (non-hydrogen) atoms. The van der Waals surface area contributed by atoms with E-state index >= 15 is 0 Å². The van der Waals surface area contributed by atoms with Crippen molar-refractivity contribution in [2.75, 3.05) is 19.7 Å². The summed E-state index contributed by atoms with van der Waals surface area (Å²) in [6.07, 6.45) is 1.61. The van der Waals surface area contributed by atoms with Crippen molar-refractivity contribution in [3.63, 3.8) is 0 Å². The molecule has 1 aromatic rings. The van der Waals surface area contributed by atoms with Gasteiger partial charge in [0.1, 0.15) is 5.56 Å². The molecule has 1 aromatic heterocycles. The minimum absolute atomic E-state index is 0.272. The van der Waals surface area contributed by atoms with Gasteiger partial charge in [-0.05, 0) is 18.8 Å². The van der Waals surface area contributed by atoms with Crippen LogP contribution < -0.4 is 0 Å². The van der Waals surface area contributed by atoms with Crippen LogP contribution in [0.15, 0.2) is 6.20 Å². The Morgan fingerprint density at radius 3 is 2.63 bits per heavy atom. The highest BCUT2D eigenvalue weighted by molar-refractivity contribution is 5.90. The molecule has 2 heterocycles. The average Bonchev–Trinajstić information content (AvgIpc) is 2.85. The van der Waals surface area contributed by atoms with Crippen LogP contribution >= 0.6 is 0 Å². The molecule has 1 fully saturated rings. The van der Waals surface area contributed by atoms with Crippen molar-refractivity contribution in [3.8, 4) is 0 Å². The van der Waals surface area contributed by atoms with E-state index in [1.54, 1.807) is 10.9 Å². The fraction of sp³-hybridized carbons (Fsp3) is 0.714. The lowest BCUT2D eigenvalue weighted by atomic mass is 10.0. The Labute approximate surface area is 114 Å². The molecule has 1 saturated heterocycles. The standard InChI is InChI=1S/C14H23N3O2/c1-5-19-14(18)12-6-15-16(4)13(12)9-17-7-10(2)11(3)8-17/h6,10-11H,5,7-9H2,1-4H3. The molecule has 1 aliphatic heterocycles. The van der Waals surface area contributed by atoms with Crippen LogP contribution in [0.25, 0.3) is 0 Å². The van der Waals surface area contributed by atoms with E-state index < -0.39 is 0 Å². The van der Waals surface area contributed by atoms with Gasteiger partial charge < -0.3 is 4.74 Å². The van der Waals surface area contributed by atoms with E-state index in [-0.39, 0.29) is 5.97 Å². The van der Waals surface area contributed by atoms with Gasteiger partial charge in [-0.3, -0.25) is 9.58 Å². The number of ether oxygens (including phenoxy) is 1. The molecule has 5 nitrogen and oxygen atoms in total. The van der Waals surface area contributed by atoms with Gasteiger partial charge in [-0.25, -0.2) is 4.79 Å². The van der Waals surface area contributed by atoms with E-state index in [9.17, 15) is 4.79 Å². The van der Waals surface area contributed by atoms with Crippen molar-refractivity contribution in [3.05, 3.63) is 17.5 Å². The fourth-order valence-corrected chi connectivity index (χ4v) is 2.62. The fourth-order valence-electron chi connectivity index (χ4n) is 2.62. The smallest absolute Gasteiger partial charge is 0.341 e. The van der Waals surface area contributed by atoms with E-state index in [0.29, 0.717) is 24.0 Å². The molecule has 1 aliphatic rings. The summed E-state index contributed by atoms with van der Waals surface area (Å²) in [4.78, 5) is 14.3. The van der Waals surface area contributed by atoms with Gasteiger partial charge in [0.25, 0.3) is 0 Å². The Bertz CT molecular complexity index is 446. The van der Waals surface area contributed by atoms with Crippen LogP contribution in [0.5, 0.6) is 0 Å². The molecule has 0 saturated carbocycles. The van der Waals surface area contributed by atoms with Crippen LogP contribution in [0.2, 0.25) is 0 Å². The molecule has 106 valence electrons. The van der Waals surface area contributed by atoms with Crippen molar-refractivity contribution in [2.24, 2.45) is 18.9 Å². The Morgan fingerprint density at radius 1 is 1.42 bits per heavy atom. The van der Waals surface area contributed by atoms with E-state index in [2.05, 4.69) is 23.8 Å².